The lowest BCUT2D eigenvalue weighted by molar-refractivity contribution is -0.154. The van der Waals surface area contributed by atoms with E-state index in [1.54, 1.807) is 0 Å². The largest absolute Gasteiger partial charge is 0.460 e. The van der Waals surface area contributed by atoms with E-state index >= 15 is 0 Å². The number of ether oxygens (including phenoxy) is 2. The minimum absolute atomic E-state index is 0.0186. The summed E-state index contributed by atoms with van der Waals surface area (Å²) in [7, 11) is 0. The molecule has 0 atom stereocenters. The lowest BCUT2D eigenvalue weighted by Crippen LogP contribution is -2.23. The third-order valence-electron chi connectivity index (χ3n) is 7.02. The summed E-state index contributed by atoms with van der Waals surface area (Å²) in [5.74, 6) is 0.289. The Hall–Kier alpha value is -3.60. The third kappa shape index (κ3) is 5.87. The molecular formula is C32H35NO4. The molecule has 1 saturated carbocycles. The first-order valence-electron chi connectivity index (χ1n) is 13.3. The SMILES string of the molecule is CC(C)(C)OC(=O)CCCc1cccc(C2CC2)c1NC(=O)OCC1c2ccccc2-c2ccccc21. The van der Waals surface area contributed by atoms with Gasteiger partial charge in [-0.15, -0.1) is 0 Å². The van der Waals surface area contributed by atoms with Crippen molar-refractivity contribution < 1.29 is 19.1 Å². The molecule has 5 rings (SSSR count). The van der Waals surface area contributed by atoms with Gasteiger partial charge < -0.3 is 9.47 Å². The van der Waals surface area contributed by atoms with Crippen LogP contribution in [0.2, 0.25) is 0 Å². The van der Waals surface area contributed by atoms with Crippen molar-refractivity contribution in [3.8, 4) is 11.1 Å². The fourth-order valence-corrected chi connectivity index (χ4v) is 5.27. The molecule has 0 radical (unpaired) electrons. The summed E-state index contributed by atoms with van der Waals surface area (Å²) in [6, 6.07) is 22.8. The Labute approximate surface area is 219 Å². The van der Waals surface area contributed by atoms with Crippen LogP contribution in [0, 0.1) is 0 Å². The number of esters is 1. The fraction of sp³-hybridized carbons (Fsp3) is 0.375. The molecule has 5 heteroatoms. The number of fused-ring (bicyclic) bond motifs is 3. The number of rotatable bonds is 8. The number of hydrogen-bond donors (Lipinski definition) is 1. The van der Waals surface area contributed by atoms with Gasteiger partial charge in [-0.25, -0.2) is 4.79 Å². The average Bonchev–Trinajstić information content (AvgIpc) is 3.65. The van der Waals surface area contributed by atoms with E-state index in [0.29, 0.717) is 25.2 Å². The molecule has 1 N–H and O–H groups in total. The second kappa shape index (κ2) is 10.4. The lowest BCUT2D eigenvalue weighted by atomic mass is 9.98. The van der Waals surface area contributed by atoms with E-state index in [4.69, 9.17) is 9.47 Å². The summed E-state index contributed by atoms with van der Waals surface area (Å²) in [5.41, 5.74) is 7.34. The molecule has 0 heterocycles. The Morgan fingerprint density at radius 1 is 0.865 bits per heavy atom. The quantitative estimate of drug-likeness (QED) is 0.326. The molecule has 0 aromatic heterocycles. The van der Waals surface area contributed by atoms with E-state index in [-0.39, 0.29) is 18.5 Å². The first-order valence-corrected chi connectivity index (χ1v) is 13.3. The van der Waals surface area contributed by atoms with Crippen molar-refractivity contribution in [2.24, 2.45) is 0 Å². The highest BCUT2D eigenvalue weighted by molar-refractivity contribution is 5.87. The topological polar surface area (TPSA) is 64.6 Å². The van der Waals surface area contributed by atoms with Gasteiger partial charge in [0.2, 0.25) is 0 Å². The molecule has 3 aromatic rings. The van der Waals surface area contributed by atoms with Crippen LogP contribution in [0.15, 0.2) is 66.7 Å². The molecule has 1 amide bonds. The number of nitrogens with one attached hydrogen (secondary N) is 1. The van der Waals surface area contributed by atoms with Crippen molar-refractivity contribution in [1.29, 1.82) is 0 Å². The summed E-state index contributed by atoms with van der Waals surface area (Å²) < 4.78 is 11.3. The second-order valence-corrected chi connectivity index (χ2v) is 11.0. The summed E-state index contributed by atoms with van der Waals surface area (Å²) in [5, 5.41) is 3.07. The van der Waals surface area contributed by atoms with Crippen LogP contribution >= 0.6 is 0 Å². The molecule has 2 aliphatic carbocycles. The highest BCUT2D eigenvalue weighted by Gasteiger charge is 2.30. The van der Waals surface area contributed by atoms with Gasteiger partial charge in [0.1, 0.15) is 12.2 Å². The van der Waals surface area contributed by atoms with Crippen LogP contribution < -0.4 is 5.32 Å². The number of para-hydroxylation sites is 1. The highest BCUT2D eigenvalue weighted by atomic mass is 16.6. The highest BCUT2D eigenvalue weighted by Crippen LogP contribution is 2.46. The summed E-state index contributed by atoms with van der Waals surface area (Å²) in [6.45, 7) is 5.90. The molecule has 0 aliphatic heterocycles. The lowest BCUT2D eigenvalue weighted by Gasteiger charge is -2.20. The van der Waals surface area contributed by atoms with E-state index in [0.717, 1.165) is 29.7 Å². The van der Waals surface area contributed by atoms with Crippen LogP contribution in [-0.2, 0) is 20.7 Å². The van der Waals surface area contributed by atoms with E-state index in [1.807, 2.05) is 57.2 Å². The van der Waals surface area contributed by atoms with E-state index in [9.17, 15) is 9.59 Å². The van der Waals surface area contributed by atoms with E-state index < -0.39 is 11.7 Å². The minimum atomic E-state index is -0.486. The number of amides is 1. The maximum absolute atomic E-state index is 13.1. The molecule has 0 unspecified atom stereocenters. The molecular weight excluding hydrogens is 462 g/mol. The molecule has 0 saturated heterocycles. The van der Waals surface area contributed by atoms with Crippen molar-refractivity contribution in [3.05, 3.63) is 89.0 Å². The van der Waals surface area contributed by atoms with Gasteiger partial charge in [-0.05, 0) is 85.8 Å². The van der Waals surface area contributed by atoms with E-state index in [1.165, 1.54) is 22.3 Å². The monoisotopic (exact) mass is 497 g/mol. The number of carbonyl (C=O) groups excluding carboxylic acids is 2. The predicted octanol–water partition coefficient (Wildman–Crippen LogP) is 7.59. The summed E-state index contributed by atoms with van der Waals surface area (Å²) in [4.78, 5) is 25.2. The van der Waals surface area contributed by atoms with Gasteiger partial charge in [-0.2, -0.15) is 0 Å². The Kier molecular flexibility index (Phi) is 7.05. The van der Waals surface area contributed by atoms with Gasteiger partial charge in [0.25, 0.3) is 0 Å². The molecule has 192 valence electrons. The van der Waals surface area contributed by atoms with Crippen LogP contribution in [-0.4, -0.2) is 24.3 Å². The third-order valence-corrected chi connectivity index (χ3v) is 7.02. The smallest absolute Gasteiger partial charge is 0.411 e. The van der Waals surface area contributed by atoms with E-state index in [2.05, 4.69) is 35.6 Å². The zero-order chi connectivity index (χ0) is 26.0. The van der Waals surface area contributed by atoms with Gasteiger partial charge in [0, 0.05) is 12.3 Å². The maximum atomic E-state index is 13.1. The Balaban J connectivity index is 1.26. The van der Waals surface area contributed by atoms with Gasteiger partial charge in [-0.1, -0.05) is 66.7 Å². The Morgan fingerprint density at radius 3 is 2.11 bits per heavy atom. The van der Waals surface area contributed by atoms with Crippen LogP contribution in [0.5, 0.6) is 0 Å². The predicted molar refractivity (Wildman–Crippen MR) is 146 cm³/mol. The maximum Gasteiger partial charge on any atom is 0.411 e. The zero-order valence-corrected chi connectivity index (χ0v) is 21.9. The van der Waals surface area contributed by atoms with Crippen molar-refractivity contribution in [2.45, 2.75) is 70.3 Å². The van der Waals surface area contributed by atoms with Crippen molar-refractivity contribution in [3.63, 3.8) is 0 Å². The van der Waals surface area contributed by atoms with Crippen LogP contribution in [0.25, 0.3) is 11.1 Å². The van der Waals surface area contributed by atoms with Gasteiger partial charge in [-0.3, -0.25) is 10.1 Å². The number of benzene rings is 3. The standard InChI is InChI=1S/C32H35NO4/c1-32(2,3)37-29(34)17-9-11-22-10-8-16-23(21-18-19-21)30(22)33-31(35)36-20-28-26-14-6-4-12-24(26)25-13-5-7-15-27(25)28/h4-8,10,12-16,21,28H,9,11,17-20H2,1-3H3,(H,33,35). The molecule has 3 aromatic carbocycles. The van der Waals surface area contributed by atoms with Crippen molar-refractivity contribution in [2.75, 3.05) is 11.9 Å². The van der Waals surface area contributed by atoms with Crippen LogP contribution in [0.4, 0.5) is 10.5 Å². The van der Waals surface area contributed by atoms with Gasteiger partial charge in [0.05, 0.1) is 5.69 Å². The first kappa shape index (κ1) is 25.1. The van der Waals surface area contributed by atoms with Crippen LogP contribution in [0.1, 0.15) is 80.5 Å². The molecule has 37 heavy (non-hydrogen) atoms. The number of aryl methyl sites for hydroxylation is 1. The average molecular weight is 498 g/mol. The Morgan fingerprint density at radius 2 is 1.49 bits per heavy atom. The van der Waals surface area contributed by atoms with Gasteiger partial charge in [0.15, 0.2) is 0 Å². The van der Waals surface area contributed by atoms with Crippen molar-refractivity contribution in [1.82, 2.24) is 0 Å². The normalized spacial score (nSPS) is 14.6. The number of anilines is 1. The fourth-order valence-electron chi connectivity index (χ4n) is 5.27. The first-order chi connectivity index (χ1) is 17.8. The number of carbonyl (C=O) groups is 2. The molecule has 2 aliphatic rings. The second-order valence-electron chi connectivity index (χ2n) is 11.0. The summed E-state index contributed by atoms with van der Waals surface area (Å²) >= 11 is 0. The molecule has 5 nitrogen and oxygen atoms in total. The number of hydrogen-bond acceptors (Lipinski definition) is 4. The minimum Gasteiger partial charge on any atom is -0.460 e. The molecule has 1 fully saturated rings. The van der Waals surface area contributed by atoms with Crippen molar-refractivity contribution >= 4 is 17.7 Å². The molecule has 0 bridgehead atoms. The summed E-state index contributed by atoms with van der Waals surface area (Å²) in [6.07, 6.45) is 3.49. The zero-order valence-electron chi connectivity index (χ0n) is 21.9. The molecule has 0 spiro atoms. The van der Waals surface area contributed by atoms with Gasteiger partial charge >= 0.3 is 12.1 Å². The van der Waals surface area contributed by atoms with Crippen LogP contribution in [0.3, 0.4) is 0 Å². The Bertz CT molecular complexity index is 1260.